The molecule has 1 saturated heterocycles. The highest BCUT2D eigenvalue weighted by atomic mass is 35.5. The Morgan fingerprint density at radius 3 is 2.94 bits per heavy atom. The lowest BCUT2D eigenvalue weighted by molar-refractivity contribution is 0.135. The number of piperidine rings is 1. The number of likely N-dealkylation sites (tertiary alicyclic amines) is 1. The van der Waals surface area contributed by atoms with Gasteiger partial charge in [-0.1, -0.05) is 6.42 Å². The Labute approximate surface area is 115 Å². The molecule has 1 aromatic rings. The number of halogens is 1. The molecule has 0 spiro atoms. The van der Waals surface area contributed by atoms with Gasteiger partial charge < -0.3 is 5.73 Å². The van der Waals surface area contributed by atoms with Crippen LogP contribution in [-0.4, -0.2) is 24.0 Å². The fourth-order valence-electron chi connectivity index (χ4n) is 2.54. The van der Waals surface area contributed by atoms with Crippen molar-refractivity contribution in [3.63, 3.8) is 0 Å². The molecule has 4 heteroatoms. The van der Waals surface area contributed by atoms with Crippen LogP contribution in [0.5, 0.6) is 0 Å². The number of hydrogen-bond donors (Lipinski definition) is 1. The van der Waals surface area contributed by atoms with Crippen LogP contribution in [0, 0.1) is 6.92 Å². The first-order valence-electron chi connectivity index (χ1n) is 6.28. The molecule has 1 atom stereocenters. The zero-order chi connectivity index (χ0) is 11.4. The lowest BCUT2D eigenvalue weighted by Crippen LogP contribution is -2.40. The number of rotatable bonds is 4. The van der Waals surface area contributed by atoms with Crippen molar-refractivity contribution in [1.29, 1.82) is 0 Å². The van der Waals surface area contributed by atoms with Crippen LogP contribution in [0.2, 0.25) is 0 Å². The standard InChI is InChI=1S/C13H22N2S.ClH/c1-11-6-9-16-13(11)10-15-8-3-2-4-12(15)5-7-14;/h6,9,12H,2-5,7-8,10,14H2,1H3;1H. The van der Waals surface area contributed by atoms with Crippen molar-refractivity contribution in [2.75, 3.05) is 13.1 Å². The number of thiophene rings is 1. The van der Waals surface area contributed by atoms with Gasteiger partial charge in [-0.05, 0) is 56.3 Å². The van der Waals surface area contributed by atoms with E-state index in [1.54, 1.807) is 0 Å². The zero-order valence-electron chi connectivity index (χ0n) is 10.5. The first-order valence-corrected chi connectivity index (χ1v) is 7.16. The summed E-state index contributed by atoms with van der Waals surface area (Å²) in [6.45, 7) is 5.43. The van der Waals surface area contributed by atoms with Crippen LogP contribution < -0.4 is 5.73 Å². The van der Waals surface area contributed by atoms with Crippen molar-refractivity contribution in [1.82, 2.24) is 4.90 Å². The molecule has 2 nitrogen and oxygen atoms in total. The second-order valence-corrected chi connectivity index (χ2v) is 5.72. The first-order chi connectivity index (χ1) is 7.81. The summed E-state index contributed by atoms with van der Waals surface area (Å²) in [5.41, 5.74) is 7.15. The molecule has 98 valence electrons. The van der Waals surface area contributed by atoms with Crippen LogP contribution in [0.3, 0.4) is 0 Å². The van der Waals surface area contributed by atoms with E-state index in [-0.39, 0.29) is 12.4 Å². The molecule has 0 aromatic carbocycles. The van der Waals surface area contributed by atoms with Gasteiger partial charge in [0.15, 0.2) is 0 Å². The minimum Gasteiger partial charge on any atom is -0.330 e. The Balaban J connectivity index is 0.00000144. The average molecular weight is 275 g/mol. The highest BCUT2D eigenvalue weighted by Gasteiger charge is 2.22. The molecule has 0 bridgehead atoms. The molecular formula is C13H23ClN2S. The van der Waals surface area contributed by atoms with Gasteiger partial charge in [-0.25, -0.2) is 0 Å². The number of aryl methyl sites for hydroxylation is 1. The molecule has 1 unspecified atom stereocenters. The lowest BCUT2D eigenvalue weighted by Gasteiger charge is -2.35. The largest absolute Gasteiger partial charge is 0.330 e. The summed E-state index contributed by atoms with van der Waals surface area (Å²) in [6.07, 6.45) is 5.22. The topological polar surface area (TPSA) is 29.3 Å². The van der Waals surface area contributed by atoms with E-state index < -0.39 is 0 Å². The average Bonchev–Trinajstić information content (AvgIpc) is 2.68. The van der Waals surface area contributed by atoms with E-state index in [9.17, 15) is 0 Å². The van der Waals surface area contributed by atoms with E-state index in [4.69, 9.17) is 5.73 Å². The summed E-state index contributed by atoms with van der Waals surface area (Å²) < 4.78 is 0. The van der Waals surface area contributed by atoms with Gasteiger partial charge >= 0.3 is 0 Å². The van der Waals surface area contributed by atoms with Gasteiger partial charge in [-0.2, -0.15) is 0 Å². The van der Waals surface area contributed by atoms with Crippen LogP contribution in [0.25, 0.3) is 0 Å². The molecule has 0 radical (unpaired) electrons. The molecule has 2 N–H and O–H groups in total. The number of hydrogen-bond acceptors (Lipinski definition) is 3. The Bertz CT molecular complexity index is 325. The quantitative estimate of drug-likeness (QED) is 0.914. The predicted molar refractivity (Wildman–Crippen MR) is 78.0 cm³/mol. The Hall–Kier alpha value is -0.0900. The lowest BCUT2D eigenvalue weighted by atomic mass is 9.99. The monoisotopic (exact) mass is 274 g/mol. The molecule has 0 amide bonds. The maximum absolute atomic E-state index is 5.70. The fraction of sp³-hybridized carbons (Fsp3) is 0.692. The Kier molecular flexibility index (Phi) is 6.49. The highest BCUT2D eigenvalue weighted by Crippen LogP contribution is 2.24. The minimum absolute atomic E-state index is 0. The van der Waals surface area contributed by atoms with Gasteiger partial charge in [0, 0.05) is 17.5 Å². The Morgan fingerprint density at radius 1 is 1.47 bits per heavy atom. The van der Waals surface area contributed by atoms with E-state index in [1.165, 1.54) is 36.2 Å². The second kappa shape index (κ2) is 7.37. The normalized spacial score (nSPS) is 21.2. The van der Waals surface area contributed by atoms with E-state index in [1.807, 2.05) is 11.3 Å². The van der Waals surface area contributed by atoms with E-state index in [0.29, 0.717) is 0 Å². The molecule has 1 fully saturated rings. The third-order valence-electron chi connectivity index (χ3n) is 3.56. The summed E-state index contributed by atoms with van der Waals surface area (Å²) in [4.78, 5) is 4.17. The van der Waals surface area contributed by atoms with Gasteiger partial charge in [0.2, 0.25) is 0 Å². The van der Waals surface area contributed by atoms with Crippen molar-refractivity contribution in [3.05, 3.63) is 21.9 Å². The van der Waals surface area contributed by atoms with Gasteiger partial charge in [0.25, 0.3) is 0 Å². The molecule has 0 saturated carbocycles. The van der Waals surface area contributed by atoms with E-state index in [0.717, 1.165) is 25.6 Å². The fourth-order valence-corrected chi connectivity index (χ4v) is 3.47. The van der Waals surface area contributed by atoms with Gasteiger partial charge in [-0.15, -0.1) is 23.7 Å². The second-order valence-electron chi connectivity index (χ2n) is 4.72. The molecule has 2 rings (SSSR count). The van der Waals surface area contributed by atoms with Crippen LogP contribution in [-0.2, 0) is 6.54 Å². The predicted octanol–water partition coefficient (Wildman–Crippen LogP) is 3.18. The summed E-state index contributed by atoms with van der Waals surface area (Å²) in [6, 6.07) is 2.95. The van der Waals surface area contributed by atoms with Gasteiger partial charge in [-0.3, -0.25) is 4.90 Å². The number of nitrogens with two attached hydrogens (primary N) is 1. The zero-order valence-corrected chi connectivity index (χ0v) is 12.2. The molecule has 2 heterocycles. The van der Waals surface area contributed by atoms with Crippen LogP contribution in [0.4, 0.5) is 0 Å². The van der Waals surface area contributed by atoms with Gasteiger partial charge in [0.1, 0.15) is 0 Å². The summed E-state index contributed by atoms with van der Waals surface area (Å²) in [5.74, 6) is 0. The SMILES string of the molecule is Cc1ccsc1CN1CCCCC1CCN.Cl. The van der Waals surface area contributed by atoms with Gasteiger partial charge in [0.05, 0.1) is 0 Å². The van der Waals surface area contributed by atoms with Crippen molar-refractivity contribution < 1.29 is 0 Å². The maximum Gasteiger partial charge on any atom is 0.0333 e. The highest BCUT2D eigenvalue weighted by molar-refractivity contribution is 7.10. The van der Waals surface area contributed by atoms with E-state index in [2.05, 4.69) is 23.3 Å². The molecule has 17 heavy (non-hydrogen) atoms. The third-order valence-corrected chi connectivity index (χ3v) is 4.57. The summed E-state index contributed by atoms with van der Waals surface area (Å²) >= 11 is 1.89. The maximum atomic E-state index is 5.70. The van der Waals surface area contributed by atoms with Crippen molar-refractivity contribution in [2.24, 2.45) is 5.73 Å². The van der Waals surface area contributed by atoms with Crippen LogP contribution in [0.15, 0.2) is 11.4 Å². The van der Waals surface area contributed by atoms with Crippen LogP contribution in [0.1, 0.15) is 36.1 Å². The molecule has 1 aliphatic rings. The molecule has 1 aliphatic heterocycles. The van der Waals surface area contributed by atoms with Crippen LogP contribution >= 0.6 is 23.7 Å². The van der Waals surface area contributed by atoms with Crippen molar-refractivity contribution in [2.45, 2.75) is 45.2 Å². The smallest absolute Gasteiger partial charge is 0.0333 e. The minimum atomic E-state index is 0. The number of nitrogens with zero attached hydrogens (tertiary/aromatic N) is 1. The molecule has 1 aromatic heterocycles. The Morgan fingerprint density at radius 2 is 2.29 bits per heavy atom. The molecule has 0 aliphatic carbocycles. The van der Waals surface area contributed by atoms with Crippen molar-refractivity contribution in [3.8, 4) is 0 Å². The summed E-state index contributed by atoms with van der Waals surface area (Å²) in [7, 11) is 0. The van der Waals surface area contributed by atoms with E-state index >= 15 is 0 Å². The summed E-state index contributed by atoms with van der Waals surface area (Å²) in [5, 5.41) is 2.20. The van der Waals surface area contributed by atoms with Crippen molar-refractivity contribution >= 4 is 23.7 Å². The third kappa shape index (κ3) is 3.95. The molecular weight excluding hydrogens is 252 g/mol. The first kappa shape index (κ1) is 15.0.